The van der Waals surface area contributed by atoms with Gasteiger partial charge < -0.3 is 4.74 Å². The molecule has 7 heteroatoms. The molecule has 1 aromatic carbocycles. The molecule has 0 amide bonds. The van der Waals surface area contributed by atoms with E-state index in [-0.39, 0.29) is 12.3 Å². The molecule has 0 unspecified atom stereocenters. The fourth-order valence-corrected chi connectivity index (χ4v) is 2.34. The van der Waals surface area contributed by atoms with E-state index in [1.807, 2.05) is 19.1 Å². The fourth-order valence-electron chi connectivity index (χ4n) is 2.22. The van der Waals surface area contributed by atoms with Crippen LogP contribution in [-0.4, -0.2) is 32.4 Å². The molecule has 0 aliphatic heterocycles. The van der Waals surface area contributed by atoms with Crippen LogP contribution >= 0.6 is 11.6 Å². The van der Waals surface area contributed by atoms with Crippen molar-refractivity contribution in [3.8, 4) is 11.1 Å². The number of benzene rings is 1. The second-order valence-corrected chi connectivity index (χ2v) is 5.11. The molecule has 2 aromatic heterocycles. The third-order valence-electron chi connectivity index (χ3n) is 3.17. The highest BCUT2D eigenvalue weighted by atomic mass is 35.5. The number of halogens is 1. The lowest BCUT2D eigenvalue weighted by Gasteiger charge is -2.02. The van der Waals surface area contributed by atoms with Crippen LogP contribution in [0.5, 0.6) is 0 Å². The lowest BCUT2D eigenvalue weighted by Crippen LogP contribution is -2.10. The summed E-state index contributed by atoms with van der Waals surface area (Å²) in [5.41, 5.74) is 3.29. The molecule has 0 saturated carbocycles. The van der Waals surface area contributed by atoms with Gasteiger partial charge in [0.05, 0.1) is 24.1 Å². The fraction of sp³-hybridized carbons (Fsp3) is 0.200. The Morgan fingerprint density at radius 1 is 1.27 bits per heavy atom. The number of hydrogen-bond donors (Lipinski definition) is 0. The number of aromatic nitrogens is 4. The number of ether oxygens (including phenoxy) is 1. The molecule has 0 radical (unpaired) electrons. The van der Waals surface area contributed by atoms with Gasteiger partial charge in [-0.05, 0) is 31.5 Å². The van der Waals surface area contributed by atoms with Crippen LogP contribution in [0.1, 0.15) is 23.1 Å². The number of fused-ring (bicyclic) bond motifs is 1. The molecule has 0 aliphatic carbocycles. The van der Waals surface area contributed by atoms with Crippen molar-refractivity contribution >= 4 is 23.2 Å². The van der Waals surface area contributed by atoms with Gasteiger partial charge in [0, 0.05) is 5.02 Å². The standard InChI is InChI=1S/C15H13ClN4O2/c1-3-22-15(21)12-8-20-14(18-17-12)13(9(2)19-20)10-4-6-11(16)7-5-10/h4-8H,3H2,1-2H3. The first kappa shape index (κ1) is 14.5. The van der Waals surface area contributed by atoms with Gasteiger partial charge >= 0.3 is 5.97 Å². The summed E-state index contributed by atoms with van der Waals surface area (Å²) in [6.45, 7) is 3.90. The zero-order valence-corrected chi connectivity index (χ0v) is 12.8. The van der Waals surface area contributed by atoms with Crippen molar-refractivity contribution in [2.24, 2.45) is 0 Å². The molecule has 6 nitrogen and oxygen atoms in total. The minimum Gasteiger partial charge on any atom is -0.461 e. The van der Waals surface area contributed by atoms with Crippen molar-refractivity contribution in [2.75, 3.05) is 6.61 Å². The van der Waals surface area contributed by atoms with E-state index >= 15 is 0 Å². The second-order valence-electron chi connectivity index (χ2n) is 4.67. The monoisotopic (exact) mass is 316 g/mol. The number of rotatable bonds is 3. The van der Waals surface area contributed by atoms with Gasteiger partial charge in [-0.15, -0.1) is 10.2 Å². The van der Waals surface area contributed by atoms with Crippen molar-refractivity contribution in [2.45, 2.75) is 13.8 Å². The van der Waals surface area contributed by atoms with Crippen LogP contribution in [0.2, 0.25) is 5.02 Å². The minimum atomic E-state index is -0.516. The normalized spacial score (nSPS) is 10.9. The van der Waals surface area contributed by atoms with Crippen LogP contribution < -0.4 is 0 Å². The predicted octanol–water partition coefficient (Wildman–Crippen LogP) is 2.93. The molecule has 0 bridgehead atoms. The smallest absolute Gasteiger partial charge is 0.360 e. The summed E-state index contributed by atoms with van der Waals surface area (Å²) >= 11 is 5.92. The first-order valence-corrected chi connectivity index (χ1v) is 7.13. The van der Waals surface area contributed by atoms with E-state index in [0.29, 0.717) is 10.7 Å². The summed E-state index contributed by atoms with van der Waals surface area (Å²) in [4.78, 5) is 11.7. The van der Waals surface area contributed by atoms with E-state index in [1.54, 1.807) is 23.6 Å². The van der Waals surface area contributed by atoms with Gasteiger partial charge in [0.2, 0.25) is 0 Å². The van der Waals surface area contributed by atoms with Crippen LogP contribution in [0.25, 0.3) is 16.8 Å². The number of nitrogens with zero attached hydrogens (tertiary/aromatic N) is 4. The molecule has 2 heterocycles. The highest BCUT2D eigenvalue weighted by molar-refractivity contribution is 6.30. The number of carbonyl (C=O) groups is 1. The average molecular weight is 317 g/mol. The maximum atomic E-state index is 11.7. The van der Waals surface area contributed by atoms with Gasteiger partial charge in [0.25, 0.3) is 0 Å². The maximum absolute atomic E-state index is 11.7. The van der Waals surface area contributed by atoms with Gasteiger partial charge in [0.15, 0.2) is 11.3 Å². The zero-order chi connectivity index (χ0) is 15.7. The number of hydrogen-bond acceptors (Lipinski definition) is 5. The van der Waals surface area contributed by atoms with E-state index in [2.05, 4.69) is 15.3 Å². The van der Waals surface area contributed by atoms with E-state index in [4.69, 9.17) is 16.3 Å². The molecule has 3 aromatic rings. The number of esters is 1. The molecule has 0 N–H and O–H groups in total. The third-order valence-corrected chi connectivity index (χ3v) is 3.43. The molecule has 22 heavy (non-hydrogen) atoms. The summed E-state index contributed by atoms with van der Waals surface area (Å²) in [5.74, 6) is -0.516. The molecule has 0 aliphatic rings. The largest absolute Gasteiger partial charge is 0.461 e. The third kappa shape index (κ3) is 2.53. The molecular formula is C15H13ClN4O2. The first-order chi connectivity index (χ1) is 10.6. The molecular weight excluding hydrogens is 304 g/mol. The average Bonchev–Trinajstić information content (AvgIpc) is 2.83. The van der Waals surface area contributed by atoms with Gasteiger partial charge in [-0.25, -0.2) is 9.31 Å². The highest BCUT2D eigenvalue weighted by Gasteiger charge is 2.16. The SMILES string of the molecule is CCOC(=O)c1cn2nc(C)c(-c3ccc(Cl)cc3)c2nn1. The van der Waals surface area contributed by atoms with Gasteiger partial charge in [-0.1, -0.05) is 23.7 Å². The van der Waals surface area contributed by atoms with Crippen LogP contribution in [0.3, 0.4) is 0 Å². The second kappa shape index (κ2) is 5.73. The van der Waals surface area contributed by atoms with E-state index in [9.17, 15) is 4.79 Å². The molecule has 112 valence electrons. The molecule has 0 atom stereocenters. The molecule has 0 saturated heterocycles. The van der Waals surface area contributed by atoms with Gasteiger partial charge in [0.1, 0.15) is 0 Å². The van der Waals surface area contributed by atoms with Crippen molar-refractivity contribution in [3.63, 3.8) is 0 Å². The van der Waals surface area contributed by atoms with Crippen molar-refractivity contribution < 1.29 is 9.53 Å². The van der Waals surface area contributed by atoms with Crippen molar-refractivity contribution in [1.82, 2.24) is 19.8 Å². The van der Waals surface area contributed by atoms with Gasteiger partial charge in [-0.2, -0.15) is 5.10 Å². The maximum Gasteiger partial charge on any atom is 0.360 e. The van der Waals surface area contributed by atoms with Crippen molar-refractivity contribution in [1.29, 1.82) is 0 Å². The topological polar surface area (TPSA) is 69.4 Å². The van der Waals surface area contributed by atoms with Crippen LogP contribution in [0, 0.1) is 6.92 Å². The quantitative estimate of drug-likeness (QED) is 0.695. The van der Waals surface area contributed by atoms with Crippen LogP contribution in [0.15, 0.2) is 30.5 Å². The number of carbonyl (C=O) groups excluding carboxylic acids is 1. The number of aryl methyl sites for hydroxylation is 1. The van der Waals surface area contributed by atoms with Crippen molar-refractivity contribution in [3.05, 3.63) is 46.9 Å². The van der Waals surface area contributed by atoms with Gasteiger partial charge in [-0.3, -0.25) is 0 Å². The lowest BCUT2D eigenvalue weighted by molar-refractivity contribution is 0.0517. The molecule has 0 fully saturated rings. The summed E-state index contributed by atoms with van der Waals surface area (Å²) in [7, 11) is 0. The highest BCUT2D eigenvalue weighted by Crippen LogP contribution is 2.27. The Bertz CT molecular complexity index is 843. The summed E-state index contributed by atoms with van der Waals surface area (Å²) < 4.78 is 6.45. The Kier molecular flexibility index (Phi) is 3.77. The Balaban J connectivity index is 2.11. The zero-order valence-electron chi connectivity index (χ0n) is 12.1. The van der Waals surface area contributed by atoms with Crippen LogP contribution in [0.4, 0.5) is 0 Å². The predicted molar refractivity (Wildman–Crippen MR) is 81.9 cm³/mol. The lowest BCUT2D eigenvalue weighted by atomic mass is 10.1. The molecule has 0 spiro atoms. The van der Waals surface area contributed by atoms with E-state index in [1.165, 1.54) is 6.20 Å². The summed E-state index contributed by atoms with van der Waals surface area (Å²) in [6.07, 6.45) is 1.52. The van der Waals surface area contributed by atoms with E-state index in [0.717, 1.165) is 16.8 Å². The summed E-state index contributed by atoms with van der Waals surface area (Å²) in [6, 6.07) is 7.40. The Morgan fingerprint density at radius 3 is 2.68 bits per heavy atom. The van der Waals surface area contributed by atoms with E-state index < -0.39 is 5.97 Å². The minimum absolute atomic E-state index is 0.125. The Labute approximate surface area is 131 Å². The Morgan fingerprint density at radius 2 is 2.00 bits per heavy atom. The first-order valence-electron chi connectivity index (χ1n) is 6.76. The molecule has 3 rings (SSSR count). The Hall–Kier alpha value is -2.47. The summed E-state index contributed by atoms with van der Waals surface area (Å²) in [5, 5.41) is 13.1. The van der Waals surface area contributed by atoms with Crippen LogP contribution in [-0.2, 0) is 4.74 Å².